The molecule has 0 amide bonds. The van der Waals surface area contributed by atoms with Crippen LogP contribution in [0.3, 0.4) is 0 Å². The summed E-state index contributed by atoms with van der Waals surface area (Å²) in [5.74, 6) is 1.92. The fourth-order valence-electron chi connectivity index (χ4n) is 3.45. The summed E-state index contributed by atoms with van der Waals surface area (Å²) in [7, 11) is 3.82. The van der Waals surface area contributed by atoms with Crippen LogP contribution in [-0.4, -0.2) is 14.2 Å². The van der Waals surface area contributed by atoms with Crippen LogP contribution in [-0.2, 0) is 0 Å². The molecule has 1 unspecified atom stereocenters. The lowest BCUT2D eigenvalue weighted by atomic mass is 9.84. The van der Waals surface area contributed by atoms with Gasteiger partial charge < -0.3 is 10.1 Å². The average Bonchev–Trinajstić information content (AvgIpc) is 2.52. The molecule has 0 radical (unpaired) electrons. The van der Waals surface area contributed by atoms with E-state index in [-0.39, 0.29) is 0 Å². The summed E-state index contributed by atoms with van der Waals surface area (Å²) in [5.41, 5.74) is 2.49. The second-order valence-electron chi connectivity index (χ2n) is 6.27. The van der Waals surface area contributed by atoms with E-state index < -0.39 is 0 Å². The molecule has 0 spiro atoms. The van der Waals surface area contributed by atoms with Crippen LogP contribution in [0.2, 0.25) is 0 Å². The minimum absolute atomic E-state index is 0.374. The Morgan fingerprint density at radius 1 is 1.29 bits per heavy atom. The molecular formula is C18H28BrNO. The van der Waals surface area contributed by atoms with E-state index in [2.05, 4.69) is 47.4 Å². The largest absolute Gasteiger partial charge is 0.496 e. The van der Waals surface area contributed by atoms with Gasteiger partial charge in [0.05, 0.1) is 7.11 Å². The van der Waals surface area contributed by atoms with E-state index in [0.29, 0.717) is 6.04 Å². The van der Waals surface area contributed by atoms with Gasteiger partial charge in [0, 0.05) is 16.1 Å². The SMILES string of the molecule is CNC(CCC1CCCCC1)c1cc(Br)c(C)cc1OC. The van der Waals surface area contributed by atoms with E-state index in [0.717, 1.165) is 16.1 Å². The highest BCUT2D eigenvalue weighted by Gasteiger charge is 2.19. The van der Waals surface area contributed by atoms with Gasteiger partial charge in [-0.1, -0.05) is 48.0 Å². The number of nitrogens with one attached hydrogen (secondary N) is 1. The van der Waals surface area contributed by atoms with E-state index in [9.17, 15) is 0 Å². The Morgan fingerprint density at radius 3 is 2.62 bits per heavy atom. The van der Waals surface area contributed by atoms with Gasteiger partial charge in [-0.2, -0.15) is 0 Å². The number of hydrogen-bond donors (Lipinski definition) is 1. The van der Waals surface area contributed by atoms with E-state index in [4.69, 9.17) is 4.74 Å². The van der Waals surface area contributed by atoms with Crippen LogP contribution in [0.4, 0.5) is 0 Å². The Morgan fingerprint density at radius 2 is 2.00 bits per heavy atom. The second kappa shape index (κ2) is 8.19. The number of hydrogen-bond acceptors (Lipinski definition) is 2. The third kappa shape index (κ3) is 4.46. The molecule has 1 atom stereocenters. The van der Waals surface area contributed by atoms with Crippen LogP contribution in [0.5, 0.6) is 5.75 Å². The topological polar surface area (TPSA) is 21.3 Å². The van der Waals surface area contributed by atoms with Gasteiger partial charge in [-0.15, -0.1) is 0 Å². The third-order valence-electron chi connectivity index (χ3n) is 4.82. The molecule has 0 bridgehead atoms. The highest BCUT2D eigenvalue weighted by atomic mass is 79.9. The number of aryl methyl sites for hydroxylation is 1. The first kappa shape index (κ1) is 16.8. The maximum Gasteiger partial charge on any atom is 0.123 e. The van der Waals surface area contributed by atoms with Crippen LogP contribution in [0.25, 0.3) is 0 Å². The van der Waals surface area contributed by atoms with E-state index >= 15 is 0 Å². The summed E-state index contributed by atoms with van der Waals surface area (Å²) in [6, 6.07) is 4.72. The minimum Gasteiger partial charge on any atom is -0.496 e. The summed E-state index contributed by atoms with van der Waals surface area (Å²) >= 11 is 3.65. The van der Waals surface area contributed by atoms with Crippen molar-refractivity contribution >= 4 is 15.9 Å². The van der Waals surface area contributed by atoms with Crippen molar-refractivity contribution < 1.29 is 4.74 Å². The molecule has 1 aromatic rings. The number of benzene rings is 1. The Kier molecular flexibility index (Phi) is 6.56. The van der Waals surface area contributed by atoms with Gasteiger partial charge in [-0.3, -0.25) is 0 Å². The number of rotatable bonds is 6. The molecule has 2 nitrogen and oxygen atoms in total. The highest BCUT2D eigenvalue weighted by Crippen LogP contribution is 2.35. The van der Waals surface area contributed by atoms with Gasteiger partial charge in [0.1, 0.15) is 5.75 Å². The van der Waals surface area contributed by atoms with Crippen LogP contribution in [0.1, 0.15) is 62.1 Å². The van der Waals surface area contributed by atoms with Crippen molar-refractivity contribution in [2.75, 3.05) is 14.2 Å². The van der Waals surface area contributed by atoms with Crippen molar-refractivity contribution in [1.82, 2.24) is 5.32 Å². The van der Waals surface area contributed by atoms with E-state index in [1.54, 1.807) is 7.11 Å². The number of methoxy groups -OCH3 is 1. The lowest BCUT2D eigenvalue weighted by Crippen LogP contribution is -2.19. The normalized spacial score (nSPS) is 17.7. The summed E-state index contributed by atoms with van der Waals surface area (Å²) in [6.07, 6.45) is 9.64. The van der Waals surface area contributed by atoms with Gasteiger partial charge >= 0.3 is 0 Å². The van der Waals surface area contributed by atoms with Crippen LogP contribution < -0.4 is 10.1 Å². The first-order valence-electron chi connectivity index (χ1n) is 8.17. The average molecular weight is 354 g/mol. The molecule has 0 saturated heterocycles. The van der Waals surface area contributed by atoms with Crippen molar-refractivity contribution in [2.24, 2.45) is 5.92 Å². The van der Waals surface area contributed by atoms with Gasteiger partial charge in [0.25, 0.3) is 0 Å². The third-order valence-corrected chi connectivity index (χ3v) is 5.68. The molecule has 21 heavy (non-hydrogen) atoms. The molecule has 3 heteroatoms. The fraction of sp³-hybridized carbons (Fsp3) is 0.667. The highest BCUT2D eigenvalue weighted by molar-refractivity contribution is 9.10. The van der Waals surface area contributed by atoms with Crippen molar-refractivity contribution in [3.05, 3.63) is 27.7 Å². The maximum absolute atomic E-state index is 5.59. The zero-order valence-electron chi connectivity index (χ0n) is 13.5. The predicted molar refractivity (Wildman–Crippen MR) is 93.0 cm³/mol. The minimum atomic E-state index is 0.374. The Balaban J connectivity index is 2.07. The van der Waals surface area contributed by atoms with Crippen LogP contribution >= 0.6 is 15.9 Å². The summed E-state index contributed by atoms with van der Waals surface area (Å²) < 4.78 is 6.76. The first-order valence-corrected chi connectivity index (χ1v) is 8.96. The summed E-state index contributed by atoms with van der Waals surface area (Å²) in [6.45, 7) is 2.10. The lowest BCUT2D eigenvalue weighted by molar-refractivity contribution is 0.314. The molecule has 0 heterocycles. The van der Waals surface area contributed by atoms with Gasteiger partial charge in [0.15, 0.2) is 0 Å². The molecule has 1 N–H and O–H groups in total. The number of halogens is 1. The van der Waals surface area contributed by atoms with Gasteiger partial charge in [-0.25, -0.2) is 0 Å². The molecule has 1 fully saturated rings. The predicted octanol–water partition coefficient (Wildman–Crippen LogP) is 5.39. The lowest BCUT2D eigenvalue weighted by Gasteiger charge is -2.25. The second-order valence-corrected chi connectivity index (χ2v) is 7.12. The molecular weight excluding hydrogens is 326 g/mol. The summed E-state index contributed by atoms with van der Waals surface area (Å²) in [5, 5.41) is 3.48. The molecule has 0 aliphatic heterocycles. The molecule has 1 saturated carbocycles. The molecule has 118 valence electrons. The van der Waals surface area contributed by atoms with Crippen molar-refractivity contribution in [1.29, 1.82) is 0 Å². The summed E-state index contributed by atoms with van der Waals surface area (Å²) in [4.78, 5) is 0. The Bertz CT molecular complexity index is 455. The van der Waals surface area contributed by atoms with Crippen molar-refractivity contribution in [2.45, 2.75) is 57.9 Å². The smallest absolute Gasteiger partial charge is 0.123 e. The van der Waals surface area contributed by atoms with E-state index in [1.165, 1.54) is 56.1 Å². The molecule has 1 aromatic carbocycles. The van der Waals surface area contributed by atoms with Crippen molar-refractivity contribution in [3.63, 3.8) is 0 Å². The van der Waals surface area contributed by atoms with Crippen LogP contribution in [0, 0.1) is 12.8 Å². The van der Waals surface area contributed by atoms with Gasteiger partial charge in [-0.05, 0) is 50.4 Å². The standard InChI is InChI=1S/C18H28BrNO/c1-13-11-18(21-3)15(12-16(13)19)17(20-2)10-9-14-7-5-4-6-8-14/h11-12,14,17,20H,4-10H2,1-3H3. The quantitative estimate of drug-likeness (QED) is 0.740. The molecule has 2 rings (SSSR count). The monoisotopic (exact) mass is 353 g/mol. The Labute approximate surface area is 137 Å². The zero-order chi connectivity index (χ0) is 15.2. The fourth-order valence-corrected chi connectivity index (χ4v) is 3.81. The number of ether oxygens (including phenoxy) is 1. The molecule has 1 aliphatic carbocycles. The van der Waals surface area contributed by atoms with Crippen molar-refractivity contribution in [3.8, 4) is 5.75 Å². The molecule has 1 aliphatic rings. The first-order chi connectivity index (χ1) is 10.2. The van der Waals surface area contributed by atoms with Gasteiger partial charge in [0.2, 0.25) is 0 Å². The Hall–Kier alpha value is -0.540. The van der Waals surface area contributed by atoms with Crippen LogP contribution in [0.15, 0.2) is 16.6 Å². The maximum atomic E-state index is 5.59. The zero-order valence-corrected chi connectivity index (χ0v) is 15.1. The van der Waals surface area contributed by atoms with E-state index in [1.807, 2.05) is 0 Å². The molecule has 0 aromatic heterocycles.